The van der Waals surface area contributed by atoms with Gasteiger partial charge in [-0.1, -0.05) is 17.7 Å². The minimum absolute atomic E-state index is 0.154. The lowest BCUT2D eigenvalue weighted by Crippen LogP contribution is -2.37. The third-order valence-corrected chi connectivity index (χ3v) is 2.53. The van der Waals surface area contributed by atoms with Crippen LogP contribution >= 0.6 is 11.6 Å². The largest absolute Gasteiger partial charge is 0.354 e. The Morgan fingerprint density at radius 1 is 1.82 bits per heavy atom. The SMILES string of the molecule is C=CCN1C(C(=O)NC)=C(N(N)C=O)NC1Cl. The summed E-state index contributed by atoms with van der Waals surface area (Å²) in [4.78, 5) is 23.9. The van der Waals surface area contributed by atoms with Crippen molar-refractivity contribution in [2.24, 2.45) is 5.84 Å². The number of hydrazine groups is 1. The minimum Gasteiger partial charge on any atom is -0.354 e. The Morgan fingerprint density at radius 3 is 2.94 bits per heavy atom. The van der Waals surface area contributed by atoms with Gasteiger partial charge in [0.25, 0.3) is 5.91 Å². The lowest BCUT2D eigenvalue weighted by Gasteiger charge is -2.21. The molecule has 8 heteroatoms. The maximum atomic E-state index is 11.7. The number of amides is 2. The van der Waals surface area contributed by atoms with Crippen molar-refractivity contribution < 1.29 is 9.59 Å². The molecule has 0 aromatic carbocycles. The van der Waals surface area contributed by atoms with Crippen molar-refractivity contribution >= 4 is 23.9 Å². The first-order valence-corrected chi connectivity index (χ1v) is 5.24. The number of halogens is 1. The molecule has 1 unspecified atom stereocenters. The van der Waals surface area contributed by atoms with Crippen molar-refractivity contribution in [1.82, 2.24) is 20.5 Å². The van der Waals surface area contributed by atoms with E-state index < -0.39 is 11.5 Å². The van der Waals surface area contributed by atoms with E-state index in [9.17, 15) is 9.59 Å². The smallest absolute Gasteiger partial charge is 0.271 e. The Morgan fingerprint density at radius 2 is 2.47 bits per heavy atom. The Hall–Kier alpha value is -1.73. The van der Waals surface area contributed by atoms with Crippen LogP contribution in [0.4, 0.5) is 0 Å². The van der Waals surface area contributed by atoms with Gasteiger partial charge in [-0.25, -0.2) is 10.9 Å². The average Bonchev–Trinajstić information content (AvgIpc) is 2.65. The predicted octanol–water partition coefficient (Wildman–Crippen LogP) is -1.15. The first-order chi connectivity index (χ1) is 8.06. The molecule has 0 saturated heterocycles. The third kappa shape index (κ3) is 2.51. The van der Waals surface area contributed by atoms with Crippen molar-refractivity contribution in [3.8, 4) is 0 Å². The monoisotopic (exact) mass is 259 g/mol. The summed E-state index contributed by atoms with van der Waals surface area (Å²) in [5, 5.41) is 5.96. The summed E-state index contributed by atoms with van der Waals surface area (Å²) in [6, 6.07) is 0. The number of alkyl halides is 1. The standard InChI is InChI=1S/C9H14ClN5O2/c1-3-4-14-6(8(17)12-2)7(13-9(14)10)15(11)5-16/h3,5,9,13H,1,4,11H2,2H3,(H,12,17). The highest BCUT2D eigenvalue weighted by Gasteiger charge is 2.35. The van der Waals surface area contributed by atoms with Crippen LogP contribution in [-0.2, 0) is 9.59 Å². The minimum atomic E-state index is -0.665. The average molecular weight is 260 g/mol. The van der Waals surface area contributed by atoms with Crippen LogP contribution in [0.15, 0.2) is 24.2 Å². The van der Waals surface area contributed by atoms with Crippen LogP contribution in [0, 0.1) is 0 Å². The lowest BCUT2D eigenvalue weighted by atomic mass is 10.3. The van der Waals surface area contributed by atoms with Gasteiger partial charge in [-0.15, -0.1) is 6.58 Å². The van der Waals surface area contributed by atoms with Gasteiger partial charge >= 0.3 is 0 Å². The van der Waals surface area contributed by atoms with Crippen molar-refractivity contribution in [3.05, 3.63) is 24.2 Å². The van der Waals surface area contributed by atoms with E-state index in [2.05, 4.69) is 17.2 Å². The summed E-state index contributed by atoms with van der Waals surface area (Å²) < 4.78 is 0. The fourth-order valence-corrected chi connectivity index (χ4v) is 1.72. The van der Waals surface area contributed by atoms with Gasteiger partial charge in [-0.3, -0.25) is 9.59 Å². The number of carbonyl (C=O) groups excluding carboxylic acids is 2. The van der Waals surface area contributed by atoms with E-state index >= 15 is 0 Å². The molecule has 0 saturated carbocycles. The van der Waals surface area contributed by atoms with Crippen LogP contribution in [-0.4, -0.2) is 41.4 Å². The molecule has 0 spiro atoms. The number of hydrogen-bond donors (Lipinski definition) is 3. The molecule has 1 rings (SSSR count). The highest BCUT2D eigenvalue weighted by molar-refractivity contribution is 6.21. The van der Waals surface area contributed by atoms with Crippen molar-refractivity contribution in [2.75, 3.05) is 13.6 Å². The second kappa shape index (κ2) is 5.55. The summed E-state index contributed by atoms with van der Waals surface area (Å²) in [6.07, 6.45) is 1.97. The summed E-state index contributed by atoms with van der Waals surface area (Å²) in [6.45, 7) is 3.92. The number of carbonyl (C=O) groups is 2. The molecule has 4 N–H and O–H groups in total. The van der Waals surface area contributed by atoms with Crippen molar-refractivity contribution in [2.45, 2.75) is 5.62 Å². The second-order valence-corrected chi connectivity index (χ2v) is 3.62. The van der Waals surface area contributed by atoms with E-state index in [-0.39, 0.29) is 11.5 Å². The maximum Gasteiger partial charge on any atom is 0.271 e. The van der Waals surface area contributed by atoms with E-state index in [4.69, 9.17) is 17.4 Å². The molecule has 0 aliphatic carbocycles. The van der Waals surface area contributed by atoms with Gasteiger partial charge in [0.2, 0.25) is 6.41 Å². The molecular formula is C9H14ClN5O2. The molecule has 2 amide bonds. The number of likely N-dealkylation sites (N-methyl/N-ethyl adjacent to an activating group) is 1. The fraction of sp³-hybridized carbons (Fsp3) is 0.333. The van der Waals surface area contributed by atoms with Gasteiger partial charge in [0.15, 0.2) is 11.4 Å². The van der Waals surface area contributed by atoms with Crippen molar-refractivity contribution in [3.63, 3.8) is 0 Å². The molecule has 1 atom stereocenters. The third-order valence-electron chi connectivity index (χ3n) is 2.18. The fourth-order valence-electron chi connectivity index (χ4n) is 1.44. The van der Waals surface area contributed by atoms with Gasteiger partial charge in [0, 0.05) is 13.6 Å². The van der Waals surface area contributed by atoms with Gasteiger partial charge < -0.3 is 15.5 Å². The molecule has 0 bridgehead atoms. The van der Waals surface area contributed by atoms with Crippen molar-refractivity contribution in [1.29, 1.82) is 0 Å². The quantitative estimate of drug-likeness (QED) is 0.110. The lowest BCUT2D eigenvalue weighted by molar-refractivity contribution is -0.118. The molecule has 0 aromatic heterocycles. The van der Waals surface area contributed by atoms with Gasteiger partial charge in [0.05, 0.1) is 0 Å². The molecule has 1 heterocycles. The van der Waals surface area contributed by atoms with Gasteiger partial charge in [-0.2, -0.15) is 0 Å². The summed E-state index contributed by atoms with van der Waals surface area (Å²) in [5.74, 6) is 5.20. The molecule has 94 valence electrons. The Labute approximate surface area is 104 Å². The maximum absolute atomic E-state index is 11.7. The summed E-state index contributed by atoms with van der Waals surface area (Å²) in [7, 11) is 1.47. The van der Waals surface area contributed by atoms with Gasteiger partial charge in [0.1, 0.15) is 5.70 Å². The van der Waals surface area contributed by atoms with E-state index in [0.29, 0.717) is 13.0 Å². The zero-order valence-electron chi connectivity index (χ0n) is 9.31. The number of nitrogens with one attached hydrogen (secondary N) is 2. The van der Waals surface area contributed by atoms with Gasteiger partial charge in [-0.05, 0) is 0 Å². The zero-order valence-corrected chi connectivity index (χ0v) is 10.1. The second-order valence-electron chi connectivity index (χ2n) is 3.21. The topological polar surface area (TPSA) is 90.7 Å². The van der Waals surface area contributed by atoms with Crippen LogP contribution in [0.3, 0.4) is 0 Å². The normalized spacial score (nSPS) is 18.8. The zero-order chi connectivity index (χ0) is 13.0. The Bertz CT molecular complexity index is 370. The molecule has 1 aliphatic heterocycles. The highest BCUT2D eigenvalue weighted by atomic mass is 35.5. The van der Waals surface area contributed by atoms with Crippen LogP contribution in [0.1, 0.15) is 0 Å². The van der Waals surface area contributed by atoms with E-state index in [0.717, 1.165) is 5.01 Å². The number of nitrogens with zero attached hydrogens (tertiary/aromatic N) is 2. The van der Waals surface area contributed by atoms with E-state index in [1.165, 1.54) is 11.9 Å². The molecule has 0 aromatic rings. The summed E-state index contributed by atoms with van der Waals surface area (Å²) in [5.41, 5.74) is -0.469. The molecule has 17 heavy (non-hydrogen) atoms. The summed E-state index contributed by atoms with van der Waals surface area (Å²) >= 11 is 6.00. The number of hydrogen-bond acceptors (Lipinski definition) is 5. The molecule has 1 aliphatic rings. The van der Waals surface area contributed by atoms with Crippen LogP contribution in [0.25, 0.3) is 0 Å². The first kappa shape index (κ1) is 13.3. The van der Waals surface area contributed by atoms with E-state index in [1.54, 1.807) is 6.08 Å². The van der Waals surface area contributed by atoms with Crippen LogP contribution in [0.5, 0.6) is 0 Å². The van der Waals surface area contributed by atoms with Crippen LogP contribution in [0.2, 0.25) is 0 Å². The molecule has 7 nitrogen and oxygen atoms in total. The molecular weight excluding hydrogens is 246 g/mol. The molecule has 0 radical (unpaired) electrons. The Balaban J connectivity index is 3.15. The van der Waals surface area contributed by atoms with E-state index in [1.807, 2.05) is 0 Å². The van der Waals surface area contributed by atoms with Crippen LogP contribution < -0.4 is 16.5 Å². The number of rotatable bonds is 5. The number of nitrogens with two attached hydrogens (primary N) is 1. The predicted molar refractivity (Wildman–Crippen MR) is 62.9 cm³/mol. The first-order valence-electron chi connectivity index (χ1n) is 4.80. The highest BCUT2D eigenvalue weighted by Crippen LogP contribution is 2.23. The Kier molecular flexibility index (Phi) is 4.36. The molecule has 0 fully saturated rings.